The summed E-state index contributed by atoms with van der Waals surface area (Å²) in [6, 6.07) is 1.91. The van der Waals surface area contributed by atoms with Gasteiger partial charge in [-0.3, -0.25) is 5.10 Å². The molecule has 2 heterocycles. The molecule has 0 radical (unpaired) electrons. The van der Waals surface area contributed by atoms with Crippen molar-refractivity contribution in [2.24, 2.45) is 0 Å². The smallest absolute Gasteiger partial charge is 0.145 e. The summed E-state index contributed by atoms with van der Waals surface area (Å²) in [6.07, 6.45) is 2.14. The minimum Gasteiger partial charge on any atom is -0.382 e. The van der Waals surface area contributed by atoms with Crippen LogP contribution in [0.3, 0.4) is 0 Å². The van der Waals surface area contributed by atoms with Crippen molar-refractivity contribution in [3.05, 3.63) is 11.8 Å². The summed E-state index contributed by atoms with van der Waals surface area (Å²) in [5, 5.41) is 6.85. The number of ether oxygens (including phenoxy) is 1. The van der Waals surface area contributed by atoms with Gasteiger partial charge in [0.05, 0.1) is 0 Å². The van der Waals surface area contributed by atoms with Crippen molar-refractivity contribution >= 4 is 5.82 Å². The third-order valence-electron chi connectivity index (χ3n) is 2.28. The fourth-order valence-electron chi connectivity index (χ4n) is 1.57. The van der Waals surface area contributed by atoms with Crippen molar-refractivity contribution in [1.29, 1.82) is 0 Å². The Kier molecular flexibility index (Phi) is 1.99. The lowest BCUT2D eigenvalue weighted by Crippen LogP contribution is -2.14. The zero-order valence-electron chi connectivity index (χ0n) is 6.92. The van der Waals surface area contributed by atoms with Crippen molar-refractivity contribution in [1.82, 2.24) is 10.2 Å². The summed E-state index contributed by atoms with van der Waals surface area (Å²) >= 11 is 0. The molecule has 1 aromatic heterocycles. The monoisotopic (exact) mass is 169 g/mol. The van der Waals surface area contributed by atoms with Crippen LogP contribution in [0.4, 0.5) is 5.82 Å². The number of hydrogen-bond acceptors (Lipinski definition) is 3. The molecule has 0 aromatic carbocycles. The Labute approximate surface area is 72.6 Å². The maximum Gasteiger partial charge on any atom is 0.145 e. The molecular formula is C8H15N3O. The third kappa shape index (κ3) is 1.43. The normalized spacial score (nSPS) is 19.7. The van der Waals surface area contributed by atoms with Crippen LogP contribution in [0.25, 0.3) is 0 Å². The zero-order valence-corrected chi connectivity index (χ0v) is 6.92. The second-order valence-corrected chi connectivity index (χ2v) is 3.13. The number of H-pyrrole nitrogens is 1. The van der Waals surface area contributed by atoms with Crippen LogP contribution in [-0.4, -0.2) is 23.4 Å². The van der Waals surface area contributed by atoms with E-state index in [1.165, 1.54) is 0 Å². The quantitative estimate of drug-likeness (QED) is 0.662. The number of rotatable bonds is 1. The first-order valence-electron chi connectivity index (χ1n) is 4.25. The summed E-state index contributed by atoms with van der Waals surface area (Å²) in [4.78, 5) is 0. The van der Waals surface area contributed by atoms with E-state index in [1.54, 1.807) is 0 Å². The molecule has 0 bridgehead atoms. The molecule has 2 rings (SSSR count). The van der Waals surface area contributed by atoms with Gasteiger partial charge in [-0.05, 0) is 12.8 Å². The number of nitrogen functional groups attached to an aromatic ring is 1. The minimum absolute atomic E-state index is 0. The summed E-state index contributed by atoms with van der Waals surface area (Å²) < 4.78 is 5.26. The van der Waals surface area contributed by atoms with Gasteiger partial charge >= 0.3 is 0 Å². The van der Waals surface area contributed by atoms with Gasteiger partial charge in [-0.2, -0.15) is 5.10 Å². The highest BCUT2D eigenvalue weighted by atomic mass is 16.5. The number of aromatic amines is 1. The molecule has 1 aliphatic rings. The molecule has 68 valence electrons. The average molecular weight is 169 g/mol. The van der Waals surface area contributed by atoms with E-state index < -0.39 is 0 Å². The Balaban J connectivity index is 0.000000845. The highest BCUT2D eigenvalue weighted by molar-refractivity contribution is 5.30. The van der Waals surface area contributed by atoms with Gasteiger partial charge in [0.2, 0.25) is 0 Å². The standard InChI is InChI=1S/C8H13N3O.H2/c9-8-5-7(10-11-8)6-1-3-12-4-2-6;/h5-6H,1-4H2,(H3,9,10,11);1H. The number of aromatic nitrogens is 2. The number of nitrogens with two attached hydrogens (primary N) is 1. The van der Waals surface area contributed by atoms with Gasteiger partial charge in [-0.15, -0.1) is 0 Å². The van der Waals surface area contributed by atoms with Crippen LogP contribution >= 0.6 is 0 Å². The van der Waals surface area contributed by atoms with E-state index in [2.05, 4.69) is 10.2 Å². The predicted molar refractivity (Wildman–Crippen MR) is 47.9 cm³/mol. The first-order chi connectivity index (χ1) is 5.86. The van der Waals surface area contributed by atoms with Gasteiger partial charge in [0.25, 0.3) is 0 Å². The second-order valence-electron chi connectivity index (χ2n) is 3.13. The fraction of sp³-hybridized carbons (Fsp3) is 0.625. The summed E-state index contributed by atoms with van der Waals surface area (Å²) in [5.74, 6) is 1.14. The van der Waals surface area contributed by atoms with Crippen LogP contribution in [0.15, 0.2) is 6.07 Å². The predicted octanol–water partition coefficient (Wildman–Crippen LogP) is 1.13. The minimum atomic E-state index is 0. The largest absolute Gasteiger partial charge is 0.382 e. The Bertz CT molecular complexity index is 258. The van der Waals surface area contributed by atoms with E-state index in [0.717, 1.165) is 31.7 Å². The summed E-state index contributed by atoms with van der Waals surface area (Å²) in [5.41, 5.74) is 6.66. The lowest BCUT2D eigenvalue weighted by atomic mass is 9.97. The number of anilines is 1. The van der Waals surface area contributed by atoms with Gasteiger partial charge < -0.3 is 10.5 Å². The van der Waals surface area contributed by atoms with Crippen molar-refractivity contribution in [3.8, 4) is 0 Å². The molecule has 0 spiro atoms. The van der Waals surface area contributed by atoms with Crippen LogP contribution in [0.1, 0.15) is 25.9 Å². The molecule has 1 aromatic rings. The molecule has 0 saturated carbocycles. The van der Waals surface area contributed by atoms with Crippen molar-refractivity contribution in [2.75, 3.05) is 18.9 Å². The van der Waals surface area contributed by atoms with E-state index in [9.17, 15) is 0 Å². The second kappa shape index (κ2) is 3.15. The molecule has 0 aliphatic carbocycles. The molecule has 3 N–H and O–H groups in total. The van der Waals surface area contributed by atoms with E-state index in [0.29, 0.717) is 11.7 Å². The zero-order chi connectivity index (χ0) is 8.39. The molecule has 1 fully saturated rings. The van der Waals surface area contributed by atoms with Crippen molar-refractivity contribution in [3.63, 3.8) is 0 Å². The van der Waals surface area contributed by atoms with E-state index in [4.69, 9.17) is 10.5 Å². The summed E-state index contributed by atoms with van der Waals surface area (Å²) in [7, 11) is 0. The SMILES string of the molecule is Nc1cc(C2CCOCC2)[nH]n1.[HH]. The lowest BCUT2D eigenvalue weighted by Gasteiger charge is -2.20. The Morgan fingerprint density at radius 1 is 1.58 bits per heavy atom. The Morgan fingerprint density at radius 3 is 2.92 bits per heavy atom. The lowest BCUT2D eigenvalue weighted by molar-refractivity contribution is 0.0845. The van der Waals surface area contributed by atoms with Crippen LogP contribution in [-0.2, 0) is 4.74 Å². The van der Waals surface area contributed by atoms with Gasteiger partial charge in [0, 0.05) is 32.3 Å². The van der Waals surface area contributed by atoms with Crippen molar-refractivity contribution in [2.45, 2.75) is 18.8 Å². The highest BCUT2D eigenvalue weighted by Crippen LogP contribution is 2.25. The molecular weight excluding hydrogens is 154 g/mol. The fourth-order valence-corrected chi connectivity index (χ4v) is 1.57. The van der Waals surface area contributed by atoms with Crippen LogP contribution in [0.2, 0.25) is 0 Å². The third-order valence-corrected chi connectivity index (χ3v) is 2.28. The molecule has 1 saturated heterocycles. The number of nitrogens with one attached hydrogen (secondary N) is 1. The summed E-state index contributed by atoms with van der Waals surface area (Å²) in [6.45, 7) is 1.70. The first kappa shape index (κ1) is 7.61. The van der Waals surface area contributed by atoms with Crippen LogP contribution in [0.5, 0.6) is 0 Å². The van der Waals surface area contributed by atoms with E-state index in [1.807, 2.05) is 6.07 Å². The number of nitrogens with zero attached hydrogens (tertiary/aromatic N) is 1. The van der Waals surface area contributed by atoms with Gasteiger partial charge in [0.1, 0.15) is 5.82 Å². The highest BCUT2D eigenvalue weighted by Gasteiger charge is 2.17. The molecule has 1 aliphatic heterocycles. The van der Waals surface area contributed by atoms with E-state index in [-0.39, 0.29) is 1.43 Å². The van der Waals surface area contributed by atoms with Gasteiger partial charge in [-0.1, -0.05) is 0 Å². The van der Waals surface area contributed by atoms with Crippen LogP contribution in [0, 0.1) is 0 Å². The Morgan fingerprint density at radius 2 is 2.33 bits per heavy atom. The van der Waals surface area contributed by atoms with E-state index >= 15 is 0 Å². The molecule has 4 nitrogen and oxygen atoms in total. The maximum atomic E-state index is 5.51. The van der Waals surface area contributed by atoms with Crippen molar-refractivity contribution < 1.29 is 6.16 Å². The first-order valence-corrected chi connectivity index (χ1v) is 4.25. The molecule has 12 heavy (non-hydrogen) atoms. The maximum absolute atomic E-state index is 5.51. The van der Waals surface area contributed by atoms with Gasteiger partial charge in [-0.25, -0.2) is 0 Å². The molecule has 0 unspecified atom stereocenters. The molecule has 0 atom stereocenters. The Hall–Kier alpha value is -1.03. The molecule has 4 heteroatoms. The average Bonchev–Trinajstić information content (AvgIpc) is 2.54. The number of hydrogen-bond donors (Lipinski definition) is 2. The van der Waals surface area contributed by atoms with Gasteiger partial charge in [0.15, 0.2) is 0 Å². The topological polar surface area (TPSA) is 63.9 Å². The van der Waals surface area contributed by atoms with Crippen LogP contribution < -0.4 is 5.73 Å². The molecule has 0 amide bonds.